The van der Waals surface area contributed by atoms with E-state index in [0.717, 1.165) is 11.1 Å². The summed E-state index contributed by atoms with van der Waals surface area (Å²) in [5.74, 6) is 1.23. The van der Waals surface area contributed by atoms with Crippen molar-refractivity contribution in [2.75, 3.05) is 18.4 Å². The van der Waals surface area contributed by atoms with Crippen LogP contribution in [0.25, 0.3) is 5.82 Å². The van der Waals surface area contributed by atoms with Crippen molar-refractivity contribution in [1.82, 2.24) is 25.3 Å². The molecule has 0 aliphatic carbocycles. The first-order valence-corrected chi connectivity index (χ1v) is 8.06. The number of carbonyl (C=O) groups excluding carboxylic acids is 1. The number of amides is 1. The number of benzene rings is 1. The van der Waals surface area contributed by atoms with Crippen molar-refractivity contribution in [1.29, 1.82) is 0 Å². The Hall–Kier alpha value is -3.22. The predicted octanol–water partition coefficient (Wildman–Crippen LogP) is 2.12. The molecular formula is C18H20N6O. The minimum Gasteiger partial charge on any atom is -0.367 e. The number of aromatic nitrogens is 4. The molecule has 0 unspecified atom stereocenters. The van der Waals surface area contributed by atoms with Crippen molar-refractivity contribution in [3.8, 4) is 5.82 Å². The lowest BCUT2D eigenvalue weighted by atomic mass is 10.1. The lowest BCUT2D eigenvalue weighted by Gasteiger charge is -2.08. The SMILES string of the molecule is Cc1cc(C)cc(C(=O)NCCNc2ccc(-n3cccn3)nn2)c1. The second kappa shape index (κ2) is 7.57. The summed E-state index contributed by atoms with van der Waals surface area (Å²) >= 11 is 0. The highest BCUT2D eigenvalue weighted by molar-refractivity contribution is 5.94. The summed E-state index contributed by atoms with van der Waals surface area (Å²) in [5.41, 5.74) is 2.84. The Morgan fingerprint density at radius 2 is 1.88 bits per heavy atom. The monoisotopic (exact) mass is 336 g/mol. The summed E-state index contributed by atoms with van der Waals surface area (Å²) in [6.07, 6.45) is 3.49. The molecule has 0 atom stereocenters. The molecular weight excluding hydrogens is 316 g/mol. The van der Waals surface area contributed by atoms with Crippen LogP contribution in [0.5, 0.6) is 0 Å². The van der Waals surface area contributed by atoms with Gasteiger partial charge in [-0.25, -0.2) is 4.68 Å². The Morgan fingerprint density at radius 3 is 2.52 bits per heavy atom. The molecule has 3 aromatic rings. The van der Waals surface area contributed by atoms with E-state index in [1.54, 1.807) is 17.1 Å². The van der Waals surface area contributed by atoms with Crippen LogP contribution < -0.4 is 10.6 Å². The molecule has 3 rings (SSSR count). The van der Waals surface area contributed by atoms with Gasteiger partial charge in [0.05, 0.1) is 0 Å². The Morgan fingerprint density at radius 1 is 1.08 bits per heavy atom. The average Bonchev–Trinajstić information content (AvgIpc) is 3.13. The fraction of sp³-hybridized carbons (Fsp3) is 0.222. The van der Waals surface area contributed by atoms with Gasteiger partial charge in [0, 0.05) is 31.0 Å². The van der Waals surface area contributed by atoms with Gasteiger partial charge >= 0.3 is 0 Å². The van der Waals surface area contributed by atoms with Crippen molar-refractivity contribution < 1.29 is 4.79 Å². The Bertz CT molecular complexity index is 822. The Kier molecular flexibility index (Phi) is 5.03. The second-order valence-electron chi connectivity index (χ2n) is 5.79. The lowest BCUT2D eigenvalue weighted by molar-refractivity contribution is 0.0955. The third-order valence-corrected chi connectivity index (χ3v) is 3.59. The first-order valence-electron chi connectivity index (χ1n) is 8.06. The lowest BCUT2D eigenvalue weighted by Crippen LogP contribution is -2.29. The summed E-state index contributed by atoms with van der Waals surface area (Å²) < 4.78 is 1.64. The molecule has 0 aliphatic heterocycles. The predicted molar refractivity (Wildman–Crippen MR) is 95.9 cm³/mol. The van der Waals surface area contributed by atoms with Gasteiger partial charge in [-0.3, -0.25) is 4.79 Å². The summed E-state index contributed by atoms with van der Waals surface area (Å²) in [6, 6.07) is 11.3. The zero-order valence-corrected chi connectivity index (χ0v) is 14.2. The maximum Gasteiger partial charge on any atom is 0.251 e. The number of aryl methyl sites for hydroxylation is 2. The fourth-order valence-electron chi connectivity index (χ4n) is 2.52. The van der Waals surface area contributed by atoms with E-state index in [1.165, 1.54) is 0 Å². The second-order valence-corrected chi connectivity index (χ2v) is 5.79. The summed E-state index contributed by atoms with van der Waals surface area (Å²) in [6.45, 7) is 5.02. The molecule has 7 heteroatoms. The minimum absolute atomic E-state index is 0.0753. The third kappa shape index (κ3) is 4.41. The van der Waals surface area contributed by atoms with Gasteiger partial charge in [-0.2, -0.15) is 5.10 Å². The number of carbonyl (C=O) groups is 1. The van der Waals surface area contributed by atoms with Gasteiger partial charge in [0.2, 0.25) is 0 Å². The van der Waals surface area contributed by atoms with E-state index in [1.807, 2.05) is 50.2 Å². The molecule has 0 bridgehead atoms. The van der Waals surface area contributed by atoms with Crippen LogP contribution >= 0.6 is 0 Å². The number of hydrogen-bond acceptors (Lipinski definition) is 5. The van der Waals surface area contributed by atoms with Crippen LogP contribution in [-0.4, -0.2) is 39.0 Å². The summed E-state index contributed by atoms with van der Waals surface area (Å²) in [4.78, 5) is 12.2. The van der Waals surface area contributed by atoms with Gasteiger partial charge in [0.1, 0.15) is 5.82 Å². The first-order chi connectivity index (χ1) is 12.1. The standard InChI is InChI=1S/C18H20N6O/c1-13-10-14(2)12-15(11-13)18(25)20-8-7-19-16-4-5-17(23-22-16)24-9-3-6-21-24/h3-6,9-12H,7-8H2,1-2H3,(H,19,22)(H,20,25). The topological polar surface area (TPSA) is 84.7 Å². The van der Waals surface area contributed by atoms with Gasteiger partial charge in [-0.05, 0) is 44.2 Å². The van der Waals surface area contributed by atoms with E-state index < -0.39 is 0 Å². The number of rotatable bonds is 6. The van der Waals surface area contributed by atoms with E-state index >= 15 is 0 Å². The normalized spacial score (nSPS) is 10.5. The Balaban J connectivity index is 1.47. The van der Waals surface area contributed by atoms with Crippen molar-refractivity contribution >= 4 is 11.7 Å². The number of nitrogens with zero attached hydrogens (tertiary/aromatic N) is 4. The van der Waals surface area contributed by atoms with E-state index in [4.69, 9.17) is 0 Å². The quantitative estimate of drug-likeness (QED) is 0.674. The van der Waals surface area contributed by atoms with Crippen LogP contribution in [-0.2, 0) is 0 Å². The van der Waals surface area contributed by atoms with Crippen LogP contribution in [0.3, 0.4) is 0 Å². The number of nitrogens with one attached hydrogen (secondary N) is 2. The van der Waals surface area contributed by atoms with Gasteiger partial charge in [-0.1, -0.05) is 17.2 Å². The smallest absolute Gasteiger partial charge is 0.251 e. The van der Waals surface area contributed by atoms with Crippen LogP contribution in [0.15, 0.2) is 48.8 Å². The van der Waals surface area contributed by atoms with Crippen LogP contribution in [0.1, 0.15) is 21.5 Å². The van der Waals surface area contributed by atoms with Gasteiger partial charge in [0.25, 0.3) is 5.91 Å². The van der Waals surface area contributed by atoms with Gasteiger partial charge in [-0.15, -0.1) is 10.2 Å². The highest BCUT2D eigenvalue weighted by Gasteiger charge is 2.06. The maximum atomic E-state index is 12.2. The third-order valence-electron chi connectivity index (χ3n) is 3.59. The molecule has 2 N–H and O–H groups in total. The first kappa shape index (κ1) is 16.6. The molecule has 128 valence electrons. The zero-order valence-electron chi connectivity index (χ0n) is 14.2. The van der Waals surface area contributed by atoms with Crippen molar-refractivity contribution in [3.63, 3.8) is 0 Å². The molecule has 7 nitrogen and oxygen atoms in total. The zero-order chi connectivity index (χ0) is 17.6. The fourth-order valence-corrected chi connectivity index (χ4v) is 2.52. The molecule has 0 saturated heterocycles. The highest BCUT2D eigenvalue weighted by atomic mass is 16.1. The van der Waals surface area contributed by atoms with Crippen LogP contribution in [0.2, 0.25) is 0 Å². The molecule has 0 saturated carbocycles. The van der Waals surface area contributed by atoms with Gasteiger partial charge < -0.3 is 10.6 Å². The number of anilines is 1. The van der Waals surface area contributed by atoms with E-state index in [0.29, 0.717) is 30.3 Å². The van der Waals surface area contributed by atoms with E-state index in [-0.39, 0.29) is 5.91 Å². The highest BCUT2D eigenvalue weighted by Crippen LogP contribution is 2.08. The summed E-state index contributed by atoms with van der Waals surface area (Å²) in [7, 11) is 0. The molecule has 2 heterocycles. The maximum absolute atomic E-state index is 12.2. The average molecular weight is 336 g/mol. The summed E-state index contributed by atoms with van der Waals surface area (Å²) in [5, 5.41) is 18.3. The molecule has 0 fully saturated rings. The molecule has 1 aromatic carbocycles. The van der Waals surface area contributed by atoms with Crippen molar-refractivity contribution in [2.45, 2.75) is 13.8 Å². The van der Waals surface area contributed by atoms with Crippen molar-refractivity contribution in [3.05, 3.63) is 65.5 Å². The van der Waals surface area contributed by atoms with Crippen LogP contribution in [0.4, 0.5) is 5.82 Å². The van der Waals surface area contributed by atoms with Crippen molar-refractivity contribution in [2.24, 2.45) is 0 Å². The van der Waals surface area contributed by atoms with Gasteiger partial charge in [0.15, 0.2) is 5.82 Å². The minimum atomic E-state index is -0.0753. The Labute approximate surface area is 146 Å². The molecule has 25 heavy (non-hydrogen) atoms. The van der Waals surface area contributed by atoms with E-state index in [2.05, 4.69) is 25.9 Å². The molecule has 0 aliphatic rings. The molecule has 2 aromatic heterocycles. The molecule has 1 amide bonds. The number of hydrogen-bond donors (Lipinski definition) is 2. The van der Waals surface area contributed by atoms with E-state index in [9.17, 15) is 4.79 Å². The molecule has 0 radical (unpaired) electrons. The molecule has 0 spiro atoms. The van der Waals surface area contributed by atoms with Crippen LogP contribution in [0, 0.1) is 13.8 Å². The largest absolute Gasteiger partial charge is 0.367 e.